The summed E-state index contributed by atoms with van der Waals surface area (Å²) in [5.74, 6) is 0.924. The zero-order valence-electron chi connectivity index (χ0n) is 8.46. The Kier molecular flexibility index (Phi) is 2.11. The fraction of sp³-hybridized carbons (Fsp3) is 0.273. The van der Waals surface area contributed by atoms with Crippen LogP contribution >= 0.6 is 11.9 Å². The molecule has 15 heavy (non-hydrogen) atoms. The quantitative estimate of drug-likeness (QED) is 0.724. The van der Waals surface area contributed by atoms with Gasteiger partial charge in [-0.3, -0.25) is 4.72 Å². The molecule has 0 fully saturated rings. The molecule has 0 saturated carbocycles. The third-order valence-electron chi connectivity index (χ3n) is 2.73. The van der Waals surface area contributed by atoms with Crippen molar-refractivity contribution in [2.24, 2.45) is 0 Å². The number of benzene rings is 1. The number of ether oxygens (including phenoxy) is 1. The predicted octanol–water partition coefficient (Wildman–Crippen LogP) is 2.33. The van der Waals surface area contributed by atoms with E-state index < -0.39 is 0 Å². The van der Waals surface area contributed by atoms with Gasteiger partial charge in [-0.05, 0) is 42.1 Å². The molecule has 4 heteroatoms. The van der Waals surface area contributed by atoms with Gasteiger partial charge in [0.05, 0.1) is 12.1 Å². The zero-order valence-corrected chi connectivity index (χ0v) is 9.28. The van der Waals surface area contributed by atoms with Crippen molar-refractivity contribution < 1.29 is 4.74 Å². The lowest BCUT2D eigenvalue weighted by molar-refractivity contribution is 0.415. The van der Waals surface area contributed by atoms with Crippen molar-refractivity contribution in [3.8, 4) is 5.75 Å². The first-order valence-electron chi connectivity index (χ1n) is 4.97. The topological polar surface area (TPSA) is 37.0 Å². The molecule has 3 rings (SSSR count). The predicted molar refractivity (Wildman–Crippen MR) is 62.4 cm³/mol. The van der Waals surface area contributed by atoms with Crippen LogP contribution in [-0.2, 0) is 6.42 Å². The van der Waals surface area contributed by atoms with Crippen molar-refractivity contribution in [1.82, 2.24) is 9.71 Å². The first kappa shape index (κ1) is 9.12. The molecule has 0 saturated heterocycles. The number of fused-ring (bicyclic) bond motifs is 3. The zero-order chi connectivity index (χ0) is 10.3. The van der Waals surface area contributed by atoms with E-state index in [1.807, 2.05) is 6.07 Å². The SMILES string of the molecule is COc1ccc2[nH]c3c(c2c1)CCNS3. The molecule has 0 amide bonds. The lowest BCUT2D eigenvalue weighted by atomic mass is 10.1. The van der Waals surface area contributed by atoms with Gasteiger partial charge in [0.1, 0.15) is 5.75 Å². The second-order valence-electron chi connectivity index (χ2n) is 3.59. The first-order valence-corrected chi connectivity index (χ1v) is 5.78. The molecule has 0 atom stereocenters. The van der Waals surface area contributed by atoms with Crippen molar-refractivity contribution in [3.63, 3.8) is 0 Å². The summed E-state index contributed by atoms with van der Waals surface area (Å²) in [6.45, 7) is 1.03. The van der Waals surface area contributed by atoms with Crippen molar-refractivity contribution in [2.45, 2.75) is 11.4 Å². The Hall–Kier alpha value is -1.13. The number of H-pyrrole nitrogens is 1. The van der Waals surface area contributed by atoms with E-state index in [0.29, 0.717) is 0 Å². The number of hydrogen-bond donors (Lipinski definition) is 2. The Morgan fingerprint density at radius 2 is 2.33 bits per heavy atom. The van der Waals surface area contributed by atoms with Crippen LogP contribution in [0.25, 0.3) is 10.9 Å². The normalized spacial score (nSPS) is 15.3. The van der Waals surface area contributed by atoms with Crippen LogP contribution in [0, 0.1) is 0 Å². The Morgan fingerprint density at radius 1 is 1.40 bits per heavy atom. The summed E-state index contributed by atoms with van der Waals surface area (Å²) in [5.41, 5.74) is 2.60. The Labute approximate surface area is 92.3 Å². The number of rotatable bonds is 1. The van der Waals surface area contributed by atoms with Gasteiger partial charge in [-0.2, -0.15) is 0 Å². The van der Waals surface area contributed by atoms with Gasteiger partial charge in [-0.15, -0.1) is 0 Å². The Balaban J connectivity index is 2.24. The number of aromatic nitrogens is 1. The molecule has 0 bridgehead atoms. The van der Waals surface area contributed by atoms with E-state index in [1.54, 1.807) is 19.1 Å². The maximum absolute atomic E-state index is 5.25. The van der Waals surface area contributed by atoms with Crippen molar-refractivity contribution in [1.29, 1.82) is 0 Å². The minimum absolute atomic E-state index is 0.924. The van der Waals surface area contributed by atoms with E-state index in [1.165, 1.54) is 21.5 Å². The summed E-state index contributed by atoms with van der Waals surface area (Å²) in [4.78, 5) is 3.41. The average molecular weight is 220 g/mol. The largest absolute Gasteiger partial charge is 0.497 e. The van der Waals surface area contributed by atoms with E-state index in [2.05, 4.69) is 21.8 Å². The average Bonchev–Trinajstić information content (AvgIpc) is 2.66. The third-order valence-corrected chi connectivity index (χ3v) is 3.63. The minimum Gasteiger partial charge on any atom is -0.497 e. The molecule has 1 aromatic heterocycles. The molecular weight excluding hydrogens is 208 g/mol. The van der Waals surface area contributed by atoms with E-state index in [-0.39, 0.29) is 0 Å². The monoisotopic (exact) mass is 220 g/mol. The van der Waals surface area contributed by atoms with Gasteiger partial charge in [0, 0.05) is 17.4 Å². The number of aromatic amines is 1. The fourth-order valence-corrected chi connectivity index (χ4v) is 2.81. The molecule has 3 nitrogen and oxygen atoms in total. The molecule has 1 aromatic carbocycles. The lowest BCUT2D eigenvalue weighted by Crippen LogP contribution is -2.13. The second kappa shape index (κ2) is 3.47. The molecule has 0 unspecified atom stereocenters. The van der Waals surface area contributed by atoms with Crippen LogP contribution < -0.4 is 9.46 Å². The van der Waals surface area contributed by atoms with E-state index >= 15 is 0 Å². The summed E-state index contributed by atoms with van der Waals surface area (Å²) in [6, 6.07) is 6.17. The summed E-state index contributed by atoms with van der Waals surface area (Å²) in [7, 11) is 1.70. The van der Waals surface area contributed by atoms with Crippen molar-refractivity contribution in [3.05, 3.63) is 23.8 Å². The van der Waals surface area contributed by atoms with Crippen molar-refractivity contribution in [2.75, 3.05) is 13.7 Å². The number of hydrogen-bond acceptors (Lipinski definition) is 3. The molecule has 78 valence electrons. The highest BCUT2D eigenvalue weighted by molar-refractivity contribution is 7.97. The molecule has 0 spiro atoms. The lowest BCUT2D eigenvalue weighted by Gasteiger charge is -2.11. The Morgan fingerprint density at radius 3 is 3.20 bits per heavy atom. The standard InChI is InChI=1S/C11H12N2OS/c1-14-7-2-3-10-9(6-7)8-4-5-12-15-11(8)13-10/h2-3,6,12-13H,4-5H2,1H3. The van der Waals surface area contributed by atoms with Crippen molar-refractivity contribution >= 4 is 22.9 Å². The molecule has 1 aliphatic rings. The summed E-state index contributed by atoms with van der Waals surface area (Å²) in [6.07, 6.45) is 1.08. The number of methoxy groups -OCH3 is 1. The maximum Gasteiger partial charge on any atom is 0.119 e. The molecule has 0 radical (unpaired) electrons. The van der Waals surface area contributed by atoms with Gasteiger partial charge < -0.3 is 9.72 Å². The van der Waals surface area contributed by atoms with Crippen LogP contribution in [0.15, 0.2) is 23.2 Å². The highest BCUT2D eigenvalue weighted by atomic mass is 32.2. The highest BCUT2D eigenvalue weighted by Crippen LogP contribution is 2.33. The van der Waals surface area contributed by atoms with Gasteiger partial charge in [0.25, 0.3) is 0 Å². The van der Waals surface area contributed by atoms with Gasteiger partial charge in [-0.1, -0.05) is 0 Å². The molecule has 0 aliphatic carbocycles. The van der Waals surface area contributed by atoms with Gasteiger partial charge in [0.15, 0.2) is 0 Å². The van der Waals surface area contributed by atoms with Crippen LogP contribution in [0.3, 0.4) is 0 Å². The van der Waals surface area contributed by atoms with Gasteiger partial charge in [0.2, 0.25) is 0 Å². The summed E-state index contributed by atoms with van der Waals surface area (Å²) >= 11 is 1.68. The van der Waals surface area contributed by atoms with Crippen LogP contribution in [0.2, 0.25) is 0 Å². The first-order chi connectivity index (χ1) is 7.38. The second-order valence-corrected chi connectivity index (χ2v) is 4.49. The minimum atomic E-state index is 0.924. The third kappa shape index (κ3) is 1.41. The van der Waals surface area contributed by atoms with Crippen LogP contribution in [-0.4, -0.2) is 18.6 Å². The maximum atomic E-state index is 5.25. The molecule has 1 aliphatic heterocycles. The highest BCUT2D eigenvalue weighted by Gasteiger charge is 2.15. The van der Waals surface area contributed by atoms with Crippen LogP contribution in [0.4, 0.5) is 0 Å². The van der Waals surface area contributed by atoms with Crippen LogP contribution in [0.5, 0.6) is 5.75 Å². The van der Waals surface area contributed by atoms with E-state index in [0.717, 1.165) is 18.7 Å². The smallest absolute Gasteiger partial charge is 0.119 e. The van der Waals surface area contributed by atoms with E-state index in [9.17, 15) is 0 Å². The molecule has 2 N–H and O–H groups in total. The number of nitrogens with one attached hydrogen (secondary N) is 2. The fourth-order valence-electron chi connectivity index (χ4n) is 1.96. The van der Waals surface area contributed by atoms with E-state index in [4.69, 9.17) is 4.74 Å². The van der Waals surface area contributed by atoms with Gasteiger partial charge in [-0.25, -0.2) is 0 Å². The Bertz CT molecular complexity index is 507. The van der Waals surface area contributed by atoms with Gasteiger partial charge >= 0.3 is 0 Å². The summed E-state index contributed by atoms with van der Waals surface area (Å²) < 4.78 is 8.53. The molecule has 2 aromatic rings. The molecule has 2 heterocycles. The molecular formula is C11H12N2OS. The van der Waals surface area contributed by atoms with Crippen LogP contribution in [0.1, 0.15) is 5.56 Å². The summed E-state index contributed by atoms with van der Waals surface area (Å²) in [5, 5.41) is 2.53.